The van der Waals surface area contributed by atoms with Gasteiger partial charge in [-0.2, -0.15) is 0 Å². The van der Waals surface area contributed by atoms with E-state index in [0.717, 1.165) is 10.0 Å². The first kappa shape index (κ1) is 16.1. The number of rotatable bonds is 8. The predicted octanol–water partition coefficient (Wildman–Crippen LogP) is 1.99. The fourth-order valence-corrected chi connectivity index (χ4v) is 2.26. The molecular weight excluding hydrogens is 338 g/mol. The monoisotopic (exact) mass is 355 g/mol. The van der Waals surface area contributed by atoms with Crippen LogP contribution in [-0.4, -0.2) is 41.7 Å². The Hall–Kier alpha value is -1.28. The van der Waals surface area contributed by atoms with Crippen LogP contribution in [0.4, 0.5) is 0 Å². The zero-order chi connectivity index (χ0) is 15.1. The molecule has 6 nitrogen and oxygen atoms in total. The smallest absolute Gasteiger partial charge is 0.248 e. The van der Waals surface area contributed by atoms with Gasteiger partial charge in [-0.15, -0.1) is 10.2 Å². The molecule has 2 N–H and O–H groups in total. The van der Waals surface area contributed by atoms with E-state index in [2.05, 4.69) is 31.4 Å². The van der Waals surface area contributed by atoms with Gasteiger partial charge in [0, 0.05) is 11.6 Å². The molecule has 0 saturated heterocycles. The van der Waals surface area contributed by atoms with Crippen LogP contribution in [0.2, 0.25) is 0 Å². The second-order valence-corrected chi connectivity index (χ2v) is 5.41. The van der Waals surface area contributed by atoms with E-state index in [-0.39, 0.29) is 0 Å². The molecule has 0 aliphatic heterocycles. The Morgan fingerprint density at radius 2 is 2.19 bits per heavy atom. The van der Waals surface area contributed by atoms with Gasteiger partial charge < -0.3 is 19.6 Å². The summed E-state index contributed by atoms with van der Waals surface area (Å²) in [6, 6.07) is 7.68. The van der Waals surface area contributed by atoms with Crippen molar-refractivity contribution in [2.24, 2.45) is 0 Å². The highest BCUT2D eigenvalue weighted by atomic mass is 79.9. The molecule has 2 aromatic rings. The van der Waals surface area contributed by atoms with E-state index in [1.807, 2.05) is 24.3 Å². The van der Waals surface area contributed by atoms with Crippen LogP contribution in [0.1, 0.15) is 12.3 Å². The summed E-state index contributed by atoms with van der Waals surface area (Å²) < 4.78 is 11.4. The average molecular weight is 356 g/mol. The molecule has 21 heavy (non-hydrogen) atoms. The van der Waals surface area contributed by atoms with E-state index in [1.54, 1.807) is 7.11 Å². The van der Waals surface area contributed by atoms with Gasteiger partial charge in [0.05, 0.1) is 24.8 Å². The summed E-state index contributed by atoms with van der Waals surface area (Å²) in [7, 11) is 1.57. The lowest BCUT2D eigenvalue weighted by atomic mass is 10.2. The minimum absolute atomic E-state index is 0.342. The van der Waals surface area contributed by atoms with Crippen molar-refractivity contribution < 1.29 is 14.3 Å². The van der Waals surface area contributed by atoms with E-state index in [0.29, 0.717) is 37.9 Å². The SMILES string of the molecule is COCC(O)CCNCc1nnc(-c2ccccc2Br)o1. The van der Waals surface area contributed by atoms with Crippen molar-refractivity contribution in [2.75, 3.05) is 20.3 Å². The normalized spacial score (nSPS) is 12.5. The molecule has 0 fully saturated rings. The van der Waals surface area contributed by atoms with Crippen molar-refractivity contribution >= 4 is 15.9 Å². The first-order chi connectivity index (χ1) is 10.2. The Kier molecular flexibility index (Phi) is 6.31. The molecular formula is C14H18BrN3O3. The lowest BCUT2D eigenvalue weighted by molar-refractivity contribution is 0.0593. The number of benzene rings is 1. The molecule has 7 heteroatoms. The maximum absolute atomic E-state index is 9.51. The van der Waals surface area contributed by atoms with Gasteiger partial charge in [0.25, 0.3) is 0 Å². The number of methoxy groups -OCH3 is 1. The molecule has 0 amide bonds. The van der Waals surface area contributed by atoms with E-state index in [9.17, 15) is 5.11 Å². The van der Waals surface area contributed by atoms with Crippen molar-refractivity contribution in [2.45, 2.75) is 19.1 Å². The van der Waals surface area contributed by atoms with Crippen LogP contribution in [0.5, 0.6) is 0 Å². The van der Waals surface area contributed by atoms with Crippen molar-refractivity contribution in [3.63, 3.8) is 0 Å². The number of aliphatic hydroxyl groups excluding tert-OH is 1. The van der Waals surface area contributed by atoms with Gasteiger partial charge in [-0.05, 0) is 41.0 Å². The topological polar surface area (TPSA) is 80.4 Å². The van der Waals surface area contributed by atoms with E-state index < -0.39 is 6.10 Å². The highest BCUT2D eigenvalue weighted by Gasteiger charge is 2.11. The van der Waals surface area contributed by atoms with Crippen molar-refractivity contribution in [1.82, 2.24) is 15.5 Å². The average Bonchev–Trinajstić information content (AvgIpc) is 2.93. The van der Waals surface area contributed by atoms with Crippen LogP contribution in [-0.2, 0) is 11.3 Å². The summed E-state index contributed by atoms with van der Waals surface area (Å²) in [6.07, 6.45) is 0.153. The second-order valence-electron chi connectivity index (χ2n) is 4.56. The van der Waals surface area contributed by atoms with Crippen LogP contribution in [0.25, 0.3) is 11.5 Å². The Bertz CT molecular complexity index is 562. The molecule has 1 aromatic carbocycles. The number of nitrogens with zero attached hydrogens (tertiary/aromatic N) is 2. The molecule has 114 valence electrons. The molecule has 1 unspecified atom stereocenters. The third-order valence-corrected chi connectivity index (χ3v) is 3.55. The molecule has 0 aliphatic carbocycles. The summed E-state index contributed by atoms with van der Waals surface area (Å²) in [5.74, 6) is 1.00. The van der Waals surface area contributed by atoms with Crippen LogP contribution in [0.15, 0.2) is 33.2 Å². The maximum Gasteiger partial charge on any atom is 0.248 e. The zero-order valence-electron chi connectivity index (χ0n) is 11.8. The molecule has 2 rings (SSSR count). The fourth-order valence-electron chi connectivity index (χ4n) is 1.81. The lowest BCUT2D eigenvalue weighted by Crippen LogP contribution is -2.23. The Morgan fingerprint density at radius 1 is 1.38 bits per heavy atom. The third-order valence-electron chi connectivity index (χ3n) is 2.86. The number of nitrogens with one attached hydrogen (secondary N) is 1. The van der Waals surface area contributed by atoms with Crippen molar-refractivity contribution in [3.8, 4) is 11.5 Å². The standard InChI is InChI=1S/C14H18BrN3O3/c1-20-9-10(19)6-7-16-8-13-17-18-14(21-13)11-4-2-3-5-12(11)15/h2-5,10,16,19H,6-9H2,1H3. The quantitative estimate of drug-likeness (QED) is 0.704. The van der Waals surface area contributed by atoms with Gasteiger partial charge in [0.15, 0.2) is 0 Å². The highest BCUT2D eigenvalue weighted by Crippen LogP contribution is 2.26. The molecule has 1 heterocycles. The van der Waals surface area contributed by atoms with Crippen molar-refractivity contribution in [1.29, 1.82) is 0 Å². The van der Waals surface area contributed by atoms with Gasteiger partial charge in [-0.3, -0.25) is 0 Å². The van der Waals surface area contributed by atoms with E-state index >= 15 is 0 Å². The molecule has 0 bridgehead atoms. The number of hydrogen-bond donors (Lipinski definition) is 2. The predicted molar refractivity (Wildman–Crippen MR) is 81.6 cm³/mol. The van der Waals surface area contributed by atoms with Gasteiger partial charge >= 0.3 is 0 Å². The van der Waals surface area contributed by atoms with Crippen molar-refractivity contribution in [3.05, 3.63) is 34.6 Å². The first-order valence-electron chi connectivity index (χ1n) is 6.65. The molecule has 0 aliphatic rings. The molecule has 1 atom stereocenters. The van der Waals surface area contributed by atoms with Crippen LogP contribution >= 0.6 is 15.9 Å². The number of ether oxygens (including phenoxy) is 1. The van der Waals surface area contributed by atoms with E-state index in [1.165, 1.54) is 0 Å². The molecule has 1 aromatic heterocycles. The second kappa shape index (κ2) is 8.23. The zero-order valence-corrected chi connectivity index (χ0v) is 13.3. The minimum Gasteiger partial charge on any atom is -0.419 e. The number of aliphatic hydroxyl groups is 1. The summed E-state index contributed by atoms with van der Waals surface area (Å²) in [6.45, 7) is 1.46. The van der Waals surface area contributed by atoms with Gasteiger partial charge in [0.2, 0.25) is 11.8 Å². The molecule has 0 saturated carbocycles. The third kappa shape index (κ3) is 4.89. The van der Waals surface area contributed by atoms with Gasteiger partial charge in [0.1, 0.15) is 0 Å². The van der Waals surface area contributed by atoms with Crippen LogP contribution in [0.3, 0.4) is 0 Å². The highest BCUT2D eigenvalue weighted by molar-refractivity contribution is 9.10. The first-order valence-corrected chi connectivity index (χ1v) is 7.45. The summed E-state index contributed by atoms with van der Waals surface area (Å²) in [5.41, 5.74) is 0.867. The van der Waals surface area contributed by atoms with Gasteiger partial charge in [-0.1, -0.05) is 12.1 Å². The maximum atomic E-state index is 9.51. The fraction of sp³-hybridized carbons (Fsp3) is 0.429. The summed E-state index contributed by atoms with van der Waals surface area (Å²) >= 11 is 3.45. The molecule has 0 spiro atoms. The summed E-state index contributed by atoms with van der Waals surface area (Å²) in [4.78, 5) is 0. The Balaban J connectivity index is 1.83. The largest absolute Gasteiger partial charge is 0.419 e. The summed E-state index contributed by atoms with van der Waals surface area (Å²) in [5, 5.41) is 20.7. The number of hydrogen-bond acceptors (Lipinski definition) is 6. The Labute approximate surface area is 131 Å². The molecule has 0 radical (unpaired) electrons. The van der Waals surface area contributed by atoms with E-state index in [4.69, 9.17) is 9.15 Å². The van der Waals surface area contributed by atoms with Gasteiger partial charge in [-0.25, -0.2) is 0 Å². The van der Waals surface area contributed by atoms with Crippen LogP contribution < -0.4 is 5.32 Å². The number of halogens is 1. The lowest BCUT2D eigenvalue weighted by Gasteiger charge is -2.08. The Morgan fingerprint density at radius 3 is 2.95 bits per heavy atom. The minimum atomic E-state index is -0.457. The number of aromatic nitrogens is 2. The van der Waals surface area contributed by atoms with Crippen LogP contribution in [0, 0.1) is 0 Å².